The zero-order valence-electron chi connectivity index (χ0n) is 9.84. The van der Waals surface area contributed by atoms with Crippen molar-refractivity contribution in [3.8, 4) is 0 Å². The van der Waals surface area contributed by atoms with Gasteiger partial charge in [-0.05, 0) is 31.4 Å². The van der Waals surface area contributed by atoms with Crippen LogP contribution in [0.1, 0.15) is 38.5 Å². The summed E-state index contributed by atoms with van der Waals surface area (Å²) in [6, 6.07) is 0.407. The first kappa shape index (κ1) is 12.2. The van der Waals surface area contributed by atoms with Crippen LogP contribution in [0.25, 0.3) is 0 Å². The van der Waals surface area contributed by atoms with Crippen LogP contribution in [0, 0.1) is 0 Å². The molecule has 1 amide bonds. The minimum Gasteiger partial charge on any atom is -0.356 e. The van der Waals surface area contributed by atoms with Gasteiger partial charge in [-0.25, -0.2) is 0 Å². The van der Waals surface area contributed by atoms with E-state index in [9.17, 15) is 4.79 Å². The van der Waals surface area contributed by atoms with Crippen LogP contribution in [-0.2, 0) is 4.79 Å². The maximum absolute atomic E-state index is 11.4. The Morgan fingerprint density at radius 3 is 3.06 bits per heavy atom. The Balaban J connectivity index is 1.69. The number of thioether (sulfide) groups is 1. The molecule has 2 unspecified atom stereocenters. The summed E-state index contributed by atoms with van der Waals surface area (Å²) in [6.45, 7) is 1.94. The molecular weight excluding hydrogens is 220 g/mol. The van der Waals surface area contributed by atoms with Crippen molar-refractivity contribution in [1.29, 1.82) is 0 Å². The zero-order valence-corrected chi connectivity index (χ0v) is 10.7. The molecule has 2 saturated heterocycles. The Morgan fingerprint density at radius 1 is 1.31 bits per heavy atom. The molecule has 2 N–H and O–H groups in total. The van der Waals surface area contributed by atoms with Gasteiger partial charge < -0.3 is 10.6 Å². The van der Waals surface area contributed by atoms with Crippen LogP contribution < -0.4 is 10.6 Å². The summed E-state index contributed by atoms with van der Waals surface area (Å²) in [5.74, 6) is 1.53. The monoisotopic (exact) mass is 242 g/mol. The lowest BCUT2D eigenvalue weighted by molar-refractivity contribution is -0.121. The van der Waals surface area contributed by atoms with E-state index in [1.165, 1.54) is 25.0 Å². The van der Waals surface area contributed by atoms with Crippen LogP contribution in [0.5, 0.6) is 0 Å². The van der Waals surface area contributed by atoms with E-state index in [2.05, 4.69) is 22.4 Å². The van der Waals surface area contributed by atoms with Crippen LogP contribution in [-0.4, -0.2) is 36.0 Å². The van der Waals surface area contributed by atoms with Crippen LogP contribution in [0.2, 0.25) is 0 Å². The first-order valence-electron chi connectivity index (χ1n) is 6.46. The first-order chi connectivity index (χ1) is 7.84. The van der Waals surface area contributed by atoms with Crippen LogP contribution in [0.3, 0.4) is 0 Å². The van der Waals surface area contributed by atoms with E-state index < -0.39 is 0 Å². The highest BCUT2D eigenvalue weighted by Gasteiger charge is 2.19. The largest absolute Gasteiger partial charge is 0.356 e. The van der Waals surface area contributed by atoms with Crippen LogP contribution in [0.15, 0.2) is 0 Å². The highest BCUT2D eigenvalue weighted by Crippen LogP contribution is 2.24. The predicted molar refractivity (Wildman–Crippen MR) is 68.7 cm³/mol. The molecule has 0 spiro atoms. The summed E-state index contributed by atoms with van der Waals surface area (Å²) in [6.07, 6.45) is 7.02. The minimum absolute atomic E-state index is 0.214. The van der Waals surface area contributed by atoms with Gasteiger partial charge >= 0.3 is 0 Å². The van der Waals surface area contributed by atoms with Gasteiger partial charge in [0.15, 0.2) is 0 Å². The predicted octanol–water partition coefficient (Wildman–Crippen LogP) is 1.53. The fourth-order valence-corrected chi connectivity index (χ4v) is 3.67. The molecule has 2 rings (SSSR count). The molecule has 0 aromatic heterocycles. The Labute approximate surface area is 102 Å². The quantitative estimate of drug-likeness (QED) is 0.788. The van der Waals surface area contributed by atoms with Gasteiger partial charge in [0, 0.05) is 30.8 Å². The van der Waals surface area contributed by atoms with E-state index in [1.807, 2.05) is 0 Å². The number of hydrogen-bond donors (Lipinski definition) is 2. The molecular formula is C12H22N2OS. The number of carbonyl (C=O) groups is 1. The lowest BCUT2D eigenvalue weighted by atomic mass is 10.1. The smallest absolute Gasteiger partial charge is 0.221 e. The number of carbonyl (C=O) groups excluding carboxylic acids is 1. The standard InChI is InChI=1S/C12H22N2OS/c15-12-8-10(4-3-6-13-12)14-9-11-5-1-2-7-16-11/h10-11,14H,1-9H2,(H,13,15). The van der Waals surface area contributed by atoms with Gasteiger partial charge in [0.2, 0.25) is 5.91 Å². The van der Waals surface area contributed by atoms with E-state index in [4.69, 9.17) is 0 Å². The molecule has 2 heterocycles. The molecule has 0 aliphatic carbocycles. The lowest BCUT2D eigenvalue weighted by Crippen LogP contribution is -2.37. The average molecular weight is 242 g/mol. The average Bonchev–Trinajstić information content (AvgIpc) is 2.52. The van der Waals surface area contributed by atoms with Crippen LogP contribution >= 0.6 is 11.8 Å². The molecule has 2 atom stereocenters. The van der Waals surface area contributed by atoms with Crippen molar-refractivity contribution in [1.82, 2.24) is 10.6 Å². The highest BCUT2D eigenvalue weighted by molar-refractivity contribution is 7.99. The third-order valence-corrected chi connectivity index (χ3v) is 4.79. The summed E-state index contributed by atoms with van der Waals surface area (Å²) in [5, 5.41) is 7.29. The Kier molecular flexibility index (Phi) is 4.97. The number of amides is 1. The van der Waals surface area contributed by atoms with Crippen molar-refractivity contribution in [3.63, 3.8) is 0 Å². The summed E-state index contributed by atoms with van der Waals surface area (Å²) in [7, 11) is 0. The molecule has 0 radical (unpaired) electrons. The molecule has 0 aromatic rings. The molecule has 92 valence electrons. The van der Waals surface area contributed by atoms with E-state index in [-0.39, 0.29) is 5.91 Å². The highest BCUT2D eigenvalue weighted by atomic mass is 32.2. The van der Waals surface area contributed by atoms with Gasteiger partial charge in [0.05, 0.1) is 0 Å². The summed E-state index contributed by atoms with van der Waals surface area (Å²) in [4.78, 5) is 11.4. The molecule has 3 nitrogen and oxygen atoms in total. The second-order valence-electron chi connectivity index (χ2n) is 4.79. The second-order valence-corrected chi connectivity index (χ2v) is 6.20. The van der Waals surface area contributed by atoms with Crippen LogP contribution in [0.4, 0.5) is 0 Å². The maximum atomic E-state index is 11.4. The molecule has 0 saturated carbocycles. The van der Waals surface area contributed by atoms with Crippen molar-refractivity contribution in [2.45, 2.75) is 49.8 Å². The molecule has 2 aliphatic rings. The van der Waals surface area contributed by atoms with Crippen molar-refractivity contribution in [2.24, 2.45) is 0 Å². The van der Waals surface area contributed by atoms with Gasteiger partial charge in [0.25, 0.3) is 0 Å². The fourth-order valence-electron chi connectivity index (χ4n) is 2.42. The normalized spacial score (nSPS) is 31.9. The lowest BCUT2D eigenvalue weighted by Gasteiger charge is -2.24. The zero-order chi connectivity index (χ0) is 11.2. The van der Waals surface area contributed by atoms with Gasteiger partial charge in [-0.15, -0.1) is 0 Å². The minimum atomic E-state index is 0.214. The van der Waals surface area contributed by atoms with Crippen molar-refractivity contribution in [2.75, 3.05) is 18.8 Å². The molecule has 2 aliphatic heterocycles. The van der Waals surface area contributed by atoms with E-state index in [0.29, 0.717) is 12.5 Å². The summed E-state index contributed by atoms with van der Waals surface area (Å²) >= 11 is 2.09. The topological polar surface area (TPSA) is 41.1 Å². The van der Waals surface area contributed by atoms with E-state index in [0.717, 1.165) is 31.2 Å². The van der Waals surface area contributed by atoms with Gasteiger partial charge in [-0.2, -0.15) is 11.8 Å². The van der Waals surface area contributed by atoms with E-state index in [1.54, 1.807) is 0 Å². The summed E-state index contributed by atoms with van der Waals surface area (Å²) in [5.41, 5.74) is 0. The van der Waals surface area contributed by atoms with Gasteiger partial charge in [0.1, 0.15) is 0 Å². The number of nitrogens with one attached hydrogen (secondary N) is 2. The Hall–Kier alpha value is -0.220. The maximum Gasteiger partial charge on any atom is 0.221 e. The Bertz CT molecular complexity index is 229. The molecule has 0 aromatic carbocycles. The number of rotatable bonds is 3. The number of hydrogen-bond acceptors (Lipinski definition) is 3. The molecule has 4 heteroatoms. The SMILES string of the molecule is O=C1CC(NCC2CCCCS2)CCCN1. The molecule has 0 bridgehead atoms. The van der Waals surface area contributed by atoms with E-state index >= 15 is 0 Å². The van der Waals surface area contributed by atoms with Crippen molar-refractivity contribution in [3.05, 3.63) is 0 Å². The van der Waals surface area contributed by atoms with Gasteiger partial charge in [-0.1, -0.05) is 6.42 Å². The third kappa shape index (κ3) is 3.98. The summed E-state index contributed by atoms with van der Waals surface area (Å²) < 4.78 is 0. The Morgan fingerprint density at radius 2 is 2.25 bits per heavy atom. The van der Waals surface area contributed by atoms with Crippen molar-refractivity contribution < 1.29 is 4.79 Å². The first-order valence-corrected chi connectivity index (χ1v) is 7.51. The molecule has 16 heavy (non-hydrogen) atoms. The molecule has 2 fully saturated rings. The third-order valence-electron chi connectivity index (χ3n) is 3.39. The second kappa shape index (κ2) is 6.50. The van der Waals surface area contributed by atoms with Gasteiger partial charge in [-0.3, -0.25) is 4.79 Å². The fraction of sp³-hybridized carbons (Fsp3) is 0.917. The van der Waals surface area contributed by atoms with Crippen molar-refractivity contribution >= 4 is 17.7 Å².